The first-order valence-corrected chi connectivity index (χ1v) is 7.33. The average molecular weight is 284 g/mol. The van der Waals surface area contributed by atoms with Gasteiger partial charge in [-0.1, -0.05) is 37.3 Å². The molecule has 0 amide bonds. The van der Waals surface area contributed by atoms with Crippen LogP contribution in [0, 0.1) is 6.92 Å². The van der Waals surface area contributed by atoms with E-state index in [1.165, 1.54) is 16.7 Å². The molecular formula is C18H24N2O. The molecule has 0 aliphatic carbocycles. The summed E-state index contributed by atoms with van der Waals surface area (Å²) >= 11 is 0. The van der Waals surface area contributed by atoms with E-state index in [9.17, 15) is 0 Å². The lowest BCUT2D eigenvalue weighted by Gasteiger charge is -2.22. The maximum atomic E-state index is 5.82. The summed E-state index contributed by atoms with van der Waals surface area (Å²) in [5.41, 5.74) is 10.4. The Morgan fingerprint density at radius 1 is 1.05 bits per heavy atom. The lowest BCUT2D eigenvalue weighted by Crippen LogP contribution is -2.23. The van der Waals surface area contributed by atoms with Crippen molar-refractivity contribution in [2.75, 3.05) is 19.4 Å². The molecule has 0 spiro atoms. The van der Waals surface area contributed by atoms with Crippen LogP contribution in [0.4, 0.5) is 5.69 Å². The fourth-order valence-corrected chi connectivity index (χ4v) is 2.44. The first-order valence-electron chi connectivity index (χ1n) is 7.33. The molecule has 21 heavy (non-hydrogen) atoms. The van der Waals surface area contributed by atoms with E-state index in [4.69, 9.17) is 10.5 Å². The Hall–Kier alpha value is -2.00. The Balaban J connectivity index is 2.14. The first-order chi connectivity index (χ1) is 10.1. The van der Waals surface area contributed by atoms with Crippen LogP contribution in [0.1, 0.15) is 23.6 Å². The van der Waals surface area contributed by atoms with Crippen molar-refractivity contribution < 1.29 is 4.74 Å². The van der Waals surface area contributed by atoms with Crippen LogP contribution in [0.15, 0.2) is 42.5 Å². The standard InChI is InChI=1S/C18H24N2O/c1-4-20(12-15-8-6-5-7-14(15)2)13-16-9-10-17(19)11-18(16)21-3/h5-11H,4,12-13,19H2,1-3H3. The third-order valence-corrected chi connectivity index (χ3v) is 3.81. The molecule has 0 aliphatic heterocycles. The van der Waals surface area contributed by atoms with Crippen molar-refractivity contribution in [3.05, 3.63) is 59.2 Å². The number of nitrogens with two attached hydrogens (primary N) is 1. The number of rotatable bonds is 6. The first kappa shape index (κ1) is 15.4. The molecule has 0 atom stereocenters. The van der Waals surface area contributed by atoms with Crippen LogP contribution in [-0.4, -0.2) is 18.6 Å². The zero-order chi connectivity index (χ0) is 15.2. The van der Waals surface area contributed by atoms with Crippen LogP contribution >= 0.6 is 0 Å². The molecule has 0 bridgehead atoms. The van der Waals surface area contributed by atoms with Crippen molar-refractivity contribution in [2.24, 2.45) is 0 Å². The molecule has 0 unspecified atom stereocenters. The summed E-state index contributed by atoms with van der Waals surface area (Å²) in [6.07, 6.45) is 0. The minimum Gasteiger partial charge on any atom is -0.496 e. The van der Waals surface area contributed by atoms with Crippen LogP contribution < -0.4 is 10.5 Å². The van der Waals surface area contributed by atoms with Gasteiger partial charge in [-0.3, -0.25) is 4.90 Å². The lowest BCUT2D eigenvalue weighted by molar-refractivity contribution is 0.266. The molecule has 0 heterocycles. The van der Waals surface area contributed by atoms with Gasteiger partial charge < -0.3 is 10.5 Å². The average Bonchev–Trinajstić information content (AvgIpc) is 2.50. The number of aryl methyl sites for hydroxylation is 1. The number of nitrogens with zero attached hydrogens (tertiary/aromatic N) is 1. The maximum Gasteiger partial charge on any atom is 0.125 e. The van der Waals surface area contributed by atoms with Crippen LogP contribution in [0.25, 0.3) is 0 Å². The van der Waals surface area contributed by atoms with Crippen molar-refractivity contribution in [2.45, 2.75) is 26.9 Å². The fourth-order valence-electron chi connectivity index (χ4n) is 2.44. The zero-order valence-corrected chi connectivity index (χ0v) is 13.1. The van der Waals surface area contributed by atoms with Gasteiger partial charge in [-0.2, -0.15) is 0 Å². The van der Waals surface area contributed by atoms with E-state index >= 15 is 0 Å². The number of methoxy groups -OCH3 is 1. The molecule has 112 valence electrons. The molecule has 0 aliphatic rings. The number of ether oxygens (including phenoxy) is 1. The maximum absolute atomic E-state index is 5.82. The second kappa shape index (κ2) is 7.14. The van der Waals surface area contributed by atoms with Gasteiger partial charge in [0.1, 0.15) is 5.75 Å². The van der Waals surface area contributed by atoms with Gasteiger partial charge in [0.05, 0.1) is 7.11 Å². The normalized spacial score (nSPS) is 10.9. The van der Waals surface area contributed by atoms with E-state index < -0.39 is 0 Å². The molecule has 2 rings (SSSR count). The molecular weight excluding hydrogens is 260 g/mol. The number of anilines is 1. The monoisotopic (exact) mass is 284 g/mol. The fraction of sp³-hybridized carbons (Fsp3) is 0.333. The van der Waals surface area contributed by atoms with Crippen LogP contribution in [0.3, 0.4) is 0 Å². The minimum atomic E-state index is 0.734. The van der Waals surface area contributed by atoms with Crippen molar-refractivity contribution in [3.8, 4) is 5.75 Å². The summed E-state index contributed by atoms with van der Waals surface area (Å²) in [4.78, 5) is 2.40. The summed E-state index contributed by atoms with van der Waals surface area (Å²) in [6.45, 7) is 7.13. The Labute approximate surface area is 127 Å². The molecule has 2 aromatic rings. The molecule has 0 aromatic heterocycles. The third kappa shape index (κ3) is 3.99. The van der Waals surface area contributed by atoms with Crippen LogP contribution in [0.5, 0.6) is 5.75 Å². The van der Waals surface area contributed by atoms with E-state index in [-0.39, 0.29) is 0 Å². The third-order valence-electron chi connectivity index (χ3n) is 3.81. The van der Waals surface area contributed by atoms with E-state index in [2.05, 4.69) is 49.1 Å². The highest BCUT2D eigenvalue weighted by molar-refractivity contribution is 5.48. The Morgan fingerprint density at radius 2 is 1.76 bits per heavy atom. The van der Waals surface area contributed by atoms with Gasteiger partial charge in [0, 0.05) is 30.4 Å². The van der Waals surface area contributed by atoms with Crippen molar-refractivity contribution >= 4 is 5.69 Å². The number of hydrogen-bond donors (Lipinski definition) is 1. The second-order valence-electron chi connectivity index (χ2n) is 5.30. The molecule has 0 fully saturated rings. The predicted octanol–water partition coefficient (Wildman–Crippen LogP) is 3.61. The van der Waals surface area contributed by atoms with E-state index in [0.29, 0.717) is 0 Å². The summed E-state index contributed by atoms with van der Waals surface area (Å²) in [7, 11) is 1.69. The van der Waals surface area contributed by atoms with E-state index in [1.54, 1.807) is 7.11 Å². The predicted molar refractivity (Wildman–Crippen MR) is 88.4 cm³/mol. The highest BCUT2D eigenvalue weighted by Crippen LogP contribution is 2.23. The van der Waals surface area contributed by atoms with Crippen LogP contribution in [0.2, 0.25) is 0 Å². The highest BCUT2D eigenvalue weighted by Gasteiger charge is 2.10. The lowest BCUT2D eigenvalue weighted by atomic mass is 10.1. The molecule has 2 N–H and O–H groups in total. The van der Waals surface area contributed by atoms with Gasteiger partial charge in [0.2, 0.25) is 0 Å². The van der Waals surface area contributed by atoms with Crippen molar-refractivity contribution in [1.29, 1.82) is 0 Å². The van der Waals surface area contributed by atoms with Gasteiger partial charge in [0.15, 0.2) is 0 Å². The summed E-state index contributed by atoms with van der Waals surface area (Å²) < 4.78 is 5.44. The quantitative estimate of drug-likeness (QED) is 0.824. The van der Waals surface area contributed by atoms with E-state index in [1.807, 2.05) is 12.1 Å². The molecule has 0 radical (unpaired) electrons. The van der Waals surface area contributed by atoms with Gasteiger partial charge in [0.25, 0.3) is 0 Å². The molecule has 3 heteroatoms. The van der Waals surface area contributed by atoms with Crippen molar-refractivity contribution in [3.63, 3.8) is 0 Å². The topological polar surface area (TPSA) is 38.5 Å². The Morgan fingerprint density at radius 3 is 2.43 bits per heavy atom. The zero-order valence-electron chi connectivity index (χ0n) is 13.1. The molecule has 3 nitrogen and oxygen atoms in total. The molecule has 2 aromatic carbocycles. The summed E-state index contributed by atoms with van der Waals surface area (Å²) in [6, 6.07) is 14.4. The highest BCUT2D eigenvalue weighted by atomic mass is 16.5. The van der Waals surface area contributed by atoms with Crippen molar-refractivity contribution in [1.82, 2.24) is 4.90 Å². The number of nitrogen functional groups attached to an aromatic ring is 1. The Kier molecular flexibility index (Phi) is 5.23. The summed E-state index contributed by atoms with van der Waals surface area (Å²) in [5, 5.41) is 0. The van der Waals surface area contributed by atoms with Gasteiger partial charge in [-0.05, 0) is 30.7 Å². The number of hydrogen-bond acceptors (Lipinski definition) is 3. The smallest absolute Gasteiger partial charge is 0.125 e. The van der Waals surface area contributed by atoms with E-state index in [0.717, 1.165) is 31.1 Å². The second-order valence-corrected chi connectivity index (χ2v) is 5.30. The largest absolute Gasteiger partial charge is 0.496 e. The molecule has 0 saturated heterocycles. The van der Waals surface area contributed by atoms with Crippen LogP contribution in [-0.2, 0) is 13.1 Å². The number of benzene rings is 2. The summed E-state index contributed by atoms with van der Waals surface area (Å²) in [5.74, 6) is 0.859. The SMILES string of the molecule is CCN(Cc1ccccc1C)Cc1ccc(N)cc1OC. The van der Waals surface area contributed by atoms with Gasteiger partial charge in [-0.15, -0.1) is 0 Å². The Bertz CT molecular complexity index is 596. The molecule has 0 saturated carbocycles. The van der Waals surface area contributed by atoms with Gasteiger partial charge in [-0.25, -0.2) is 0 Å². The van der Waals surface area contributed by atoms with Gasteiger partial charge >= 0.3 is 0 Å². The minimum absolute atomic E-state index is 0.734.